The zero-order valence-corrected chi connectivity index (χ0v) is 30.2. The van der Waals surface area contributed by atoms with Crippen LogP contribution in [0.25, 0.3) is 0 Å². The Bertz CT molecular complexity index is 1350. The molecule has 2 rings (SSSR count). The van der Waals surface area contributed by atoms with E-state index in [4.69, 9.17) is 51.3 Å². The van der Waals surface area contributed by atoms with Gasteiger partial charge in [0.05, 0.1) is 33.6 Å². The molecular formula is C32H44Cl2NO10P. The summed E-state index contributed by atoms with van der Waals surface area (Å²) in [5.41, 5.74) is -1.66. The number of hydrogen-bond acceptors (Lipinski definition) is 10. The summed E-state index contributed by atoms with van der Waals surface area (Å²) in [5, 5.41) is 1.56. The number of methoxy groups -OCH3 is 1. The molecule has 0 aliphatic heterocycles. The first-order valence-corrected chi connectivity index (χ1v) is 16.9. The summed E-state index contributed by atoms with van der Waals surface area (Å²) in [6, 6.07) is 11.8. The first-order chi connectivity index (χ1) is 21.3. The normalized spacial score (nSPS) is 13.5. The lowest BCUT2D eigenvalue weighted by molar-refractivity contribution is -0.203. The smallest absolute Gasteiger partial charge is 0.343 e. The minimum atomic E-state index is -4.35. The van der Waals surface area contributed by atoms with Gasteiger partial charge in [-0.15, -0.1) is 0 Å². The molecule has 256 valence electrons. The van der Waals surface area contributed by atoms with Crippen LogP contribution in [0.15, 0.2) is 42.5 Å². The van der Waals surface area contributed by atoms with Gasteiger partial charge in [-0.3, -0.25) is 32.8 Å². The summed E-state index contributed by atoms with van der Waals surface area (Å²) in [6.45, 7) is 11.5. The fraction of sp³-hybridized carbons (Fsp3) is 0.531. The van der Waals surface area contributed by atoms with E-state index in [-0.39, 0.29) is 23.0 Å². The molecule has 1 amide bonds. The van der Waals surface area contributed by atoms with Crippen molar-refractivity contribution in [3.63, 3.8) is 0 Å². The van der Waals surface area contributed by atoms with Crippen molar-refractivity contribution >= 4 is 48.6 Å². The van der Waals surface area contributed by atoms with Gasteiger partial charge >= 0.3 is 19.5 Å². The number of amides is 1. The van der Waals surface area contributed by atoms with Gasteiger partial charge in [-0.25, -0.2) is 5.06 Å². The number of carbonyl (C=O) groups is 3. The Hall–Kier alpha value is -2.66. The molecule has 0 radical (unpaired) electrons. The Labute approximate surface area is 281 Å². The minimum absolute atomic E-state index is 0.0371. The summed E-state index contributed by atoms with van der Waals surface area (Å²) in [4.78, 5) is 43.5. The Morgan fingerprint density at radius 3 is 1.76 bits per heavy atom. The SMILES string of the molecule is COc1ccc(C(C)ON(CCC(c2ccc(Cl)c(Cl)c2)P(=O)(OCOC(=O)C(C)(C)C)OCOC(=O)C(C)(C)C)C(C)=O)cc1. The molecule has 2 unspecified atom stereocenters. The highest BCUT2D eigenvalue weighted by molar-refractivity contribution is 7.54. The lowest BCUT2D eigenvalue weighted by Gasteiger charge is -2.30. The molecule has 0 aliphatic carbocycles. The molecule has 0 bridgehead atoms. The van der Waals surface area contributed by atoms with Crippen molar-refractivity contribution in [3.8, 4) is 5.75 Å². The highest BCUT2D eigenvalue weighted by atomic mass is 35.5. The summed E-state index contributed by atoms with van der Waals surface area (Å²) >= 11 is 12.5. The topological polar surface area (TPSA) is 127 Å². The van der Waals surface area contributed by atoms with Crippen LogP contribution in [0.5, 0.6) is 5.75 Å². The van der Waals surface area contributed by atoms with Crippen LogP contribution < -0.4 is 4.74 Å². The van der Waals surface area contributed by atoms with Crippen molar-refractivity contribution in [1.82, 2.24) is 5.06 Å². The van der Waals surface area contributed by atoms with Gasteiger partial charge in [0.2, 0.25) is 19.5 Å². The van der Waals surface area contributed by atoms with Gasteiger partial charge in [0.1, 0.15) is 11.9 Å². The van der Waals surface area contributed by atoms with E-state index >= 15 is 0 Å². The van der Waals surface area contributed by atoms with Gasteiger partial charge in [-0.1, -0.05) is 41.4 Å². The van der Waals surface area contributed by atoms with Crippen LogP contribution in [0.4, 0.5) is 0 Å². The zero-order valence-electron chi connectivity index (χ0n) is 27.8. The highest BCUT2D eigenvalue weighted by Gasteiger charge is 2.40. The van der Waals surface area contributed by atoms with Crippen molar-refractivity contribution < 1.29 is 47.0 Å². The van der Waals surface area contributed by atoms with Crippen LogP contribution in [0.2, 0.25) is 10.0 Å². The monoisotopic (exact) mass is 703 g/mol. The summed E-state index contributed by atoms with van der Waals surface area (Å²) in [7, 11) is -2.79. The van der Waals surface area contributed by atoms with Crippen LogP contribution in [-0.4, -0.2) is 50.1 Å². The maximum atomic E-state index is 14.6. The number of carbonyl (C=O) groups excluding carboxylic acids is 3. The van der Waals surface area contributed by atoms with E-state index < -0.39 is 61.6 Å². The van der Waals surface area contributed by atoms with Crippen molar-refractivity contribution in [3.05, 3.63) is 63.6 Å². The minimum Gasteiger partial charge on any atom is -0.497 e. The van der Waals surface area contributed by atoms with Crippen LogP contribution in [0.1, 0.15) is 84.7 Å². The second-order valence-electron chi connectivity index (χ2n) is 12.5. The van der Waals surface area contributed by atoms with E-state index in [2.05, 4.69) is 0 Å². The molecular weight excluding hydrogens is 660 g/mol. The third-order valence-corrected chi connectivity index (χ3v) is 9.60. The molecule has 2 aromatic carbocycles. The standard InChI is InChI=1S/C32H44Cl2NO10P/c1-21(23-10-13-25(40-9)14-11-23)45-35(22(2)36)17-16-28(24-12-15-26(33)27(34)18-24)46(39,43-19-41-29(37)31(3,4)5)44-20-42-30(38)32(6,7)8/h10-15,18,21,28H,16-17,19-20H2,1-9H3. The van der Waals surface area contributed by atoms with Crippen molar-refractivity contribution in [1.29, 1.82) is 0 Å². The average Bonchev–Trinajstić information content (AvgIpc) is 2.97. The van der Waals surface area contributed by atoms with E-state index in [9.17, 15) is 18.9 Å². The molecule has 0 aromatic heterocycles. The number of esters is 2. The highest BCUT2D eigenvalue weighted by Crippen LogP contribution is 2.63. The van der Waals surface area contributed by atoms with E-state index in [0.717, 1.165) is 10.6 Å². The summed E-state index contributed by atoms with van der Waals surface area (Å²) < 4.78 is 41.6. The number of nitrogens with zero attached hydrogens (tertiary/aromatic N) is 1. The number of benzene rings is 2. The first-order valence-electron chi connectivity index (χ1n) is 14.6. The third kappa shape index (κ3) is 11.9. The summed E-state index contributed by atoms with van der Waals surface area (Å²) in [5.74, 6) is -0.954. The second kappa shape index (κ2) is 16.9. The Morgan fingerprint density at radius 2 is 1.33 bits per heavy atom. The molecule has 0 spiro atoms. The molecule has 0 heterocycles. The number of halogens is 2. The molecule has 0 aliphatic rings. The average molecular weight is 705 g/mol. The van der Waals surface area contributed by atoms with Gasteiger partial charge in [0, 0.05) is 13.5 Å². The predicted molar refractivity (Wildman–Crippen MR) is 174 cm³/mol. The maximum absolute atomic E-state index is 14.6. The third-order valence-electron chi connectivity index (χ3n) is 6.61. The van der Waals surface area contributed by atoms with Crippen molar-refractivity contribution in [2.24, 2.45) is 10.8 Å². The molecule has 0 fully saturated rings. The van der Waals surface area contributed by atoms with Gasteiger partial charge in [-0.05, 0) is 90.3 Å². The quantitative estimate of drug-likeness (QED) is 0.0773. The first kappa shape index (κ1) is 39.5. The number of hydrogen-bond donors (Lipinski definition) is 0. The van der Waals surface area contributed by atoms with E-state index in [1.54, 1.807) is 73.8 Å². The fourth-order valence-corrected chi connectivity index (χ4v) is 5.93. The van der Waals surface area contributed by atoms with Gasteiger partial charge in [0.25, 0.3) is 0 Å². The molecule has 2 atom stereocenters. The van der Waals surface area contributed by atoms with Crippen LogP contribution in [0.3, 0.4) is 0 Å². The second-order valence-corrected chi connectivity index (χ2v) is 15.6. The van der Waals surface area contributed by atoms with Crippen LogP contribution >= 0.6 is 30.8 Å². The van der Waals surface area contributed by atoms with E-state index in [1.807, 2.05) is 12.1 Å². The number of hydroxylamine groups is 2. The number of rotatable bonds is 15. The molecule has 11 nitrogen and oxygen atoms in total. The molecule has 14 heteroatoms. The van der Waals surface area contributed by atoms with Crippen LogP contribution in [-0.2, 0) is 42.3 Å². The van der Waals surface area contributed by atoms with Gasteiger partial charge in [0.15, 0.2) is 0 Å². The zero-order chi connectivity index (χ0) is 34.9. The molecule has 2 aromatic rings. The lowest BCUT2D eigenvalue weighted by Crippen LogP contribution is -2.32. The predicted octanol–water partition coefficient (Wildman–Crippen LogP) is 8.29. The largest absolute Gasteiger partial charge is 0.497 e. The Kier molecular flexibility index (Phi) is 14.6. The van der Waals surface area contributed by atoms with E-state index in [0.29, 0.717) is 11.3 Å². The van der Waals surface area contributed by atoms with Gasteiger partial charge in [-0.2, -0.15) is 0 Å². The fourth-order valence-electron chi connectivity index (χ4n) is 3.83. The van der Waals surface area contributed by atoms with E-state index in [1.165, 1.54) is 19.1 Å². The summed E-state index contributed by atoms with van der Waals surface area (Å²) in [6.07, 6.45) is -0.573. The van der Waals surface area contributed by atoms with Gasteiger partial charge < -0.3 is 14.2 Å². The molecule has 0 saturated heterocycles. The lowest BCUT2D eigenvalue weighted by atomic mass is 9.98. The van der Waals surface area contributed by atoms with Crippen molar-refractivity contribution in [2.75, 3.05) is 27.2 Å². The molecule has 46 heavy (non-hydrogen) atoms. The maximum Gasteiger partial charge on any atom is 0.343 e. The Morgan fingerprint density at radius 1 is 0.826 bits per heavy atom. The van der Waals surface area contributed by atoms with Crippen molar-refractivity contribution in [2.45, 2.75) is 73.6 Å². The number of ether oxygens (including phenoxy) is 3. The molecule has 0 N–H and O–H groups in total. The van der Waals surface area contributed by atoms with Crippen LogP contribution in [0, 0.1) is 10.8 Å². The molecule has 0 saturated carbocycles. The Balaban J connectivity index is 2.43.